The van der Waals surface area contributed by atoms with Crippen LogP contribution in [0.15, 0.2) is 65.7 Å². The van der Waals surface area contributed by atoms with Gasteiger partial charge in [0.1, 0.15) is 0 Å². The number of benzene rings is 2. The van der Waals surface area contributed by atoms with Gasteiger partial charge in [0.25, 0.3) is 0 Å². The van der Waals surface area contributed by atoms with E-state index in [1.54, 1.807) is 0 Å². The molecule has 1 fully saturated rings. The molecule has 1 heterocycles. The molecule has 0 amide bonds. The molecule has 2 aromatic carbocycles. The summed E-state index contributed by atoms with van der Waals surface area (Å²) in [4.78, 5) is 4.91. The highest BCUT2D eigenvalue weighted by Crippen LogP contribution is 2.24. The van der Waals surface area contributed by atoms with Crippen LogP contribution in [0.3, 0.4) is 0 Å². The van der Waals surface area contributed by atoms with Crippen molar-refractivity contribution in [3.63, 3.8) is 0 Å². The second kappa shape index (κ2) is 6.62. The molecular formula is C17H18N2S. The lowest BCUT2D eigenvalue weighted by atomic mass is 9.99. The number of amidine groups is 1. The number of hydrogen-bond donors (Lipinski definition) is 1. The first-order valence-corrected chi connectivity index (χ1v) is 7.94. The van der Waals surface area contributed by atoms with E-state index >= 15 is 0 Å². The van der Waals surface area contributed by atoms with Crippen LogP contribution in [0.25, 0.3) is 0 Å². The Morgan fingerprint density at radius 2 is 1.70 bits per heavy atom. The van der Waals surface area contributed by atoms with Crippen molar-refractivity contribution >= 4 is 16.9 Å². The largest absolute Gasteiger partial charge is 0.364 e. The Balaban J connectivity index is 1.85. The van der Waals surface area contributed by atoms with Gasteiger partial charge in [-0.25, -0.2) is 0 Å². The van der Waals surface area contributed by atoms with Crippen LogP contribution in [-0.4, -0.2) is 17.5 Å². The van der Waals surface area contributed by atoms with Crippen LogP contribution in [0.1, 0.15) is 17.2 Å². The summed E-state index contributed by atoms with van der Waals surface area (Å²) in [6.07, 6.45) is 0.941. The highest BCUT2D eigenvalue weighted by atomic mass is 32.2. The predicted octanol–water partition coefficient (Wildman–Crippen LogP) is 3.66. The average molecular weight is 282 g/mol. The van der Waals surface area contributed by atoms with Crippen LogP contribution < -0.4 is 5.32 Å². The summed E-state index contributed by atoms with van der Waals surface area (Å²) in [7, 11) is 0. The fourth-order valence-electron chi connectivity index (χ4n) is 2.33. The lowest BCUT2D eigenvalue weighted by Crippen LogP contribution is -2.15. The van der Waals surface area contributed by atoms with Crippen LogP contribution in [-0.2, 0) is 6.42 Å². The number of nitrogens with zero attached hydrogens (tertiary/aromatic N) is 1. The first-order chi connectivity index (χ1) is 9.92. The standard InChI is InChI=1S/C17H18N2S/c1-3-7-14(8-4-1)13-16(15-9-5-2-6-10-15)19-17-18-11-12-20-17/h1-10,16H,11-13H2,(H,18,19). The van der Waals surface area contributed by atoms with Gasteiger partial charge in [-0.05, 0) is 17.5 Å². The molecule has 1 saturated heterocycles. The average Bonchev–Trinajstić information content (AvgIpc) is 3.02. The quantitative estimate of drug-likeness (QED) is 0.925. The molecule has 1 atom stereocenters. The van der Waals surface area contributed by atoms with Crippen LogP contribution in [0.5, 0.6) is 0 Å². The molecule has 0 spiro atoms. The van der Waals surface area contributed by atoms with E-state index in [-0.39, 0.29) is 6.04 Å². The van der Waals surface area contributed by atoms with Crippen molar-refractivity contribution in [3.05, 3.63) is 71.8 Å². The predicted molar refractivity (Wildman–Crippen MR) is 87.2 cm³/mol. The molecular weight excluding hydrogens is 264 g/mol. The smallest absolute Gasteiger partial charge is 0.157 e. The first kappa shape index (κ1) is 13.3. The highest BCUT2D eigenvalue weighted by Gasteiger charge is 2.15. The third kappa shape index (κ3) is 3.42. The molecule has 2 nitrogen and oxygen atoms in total. The molecule has 1 unspecified atom stereocenters. The van der Waals surface area contributed by atoms with Crippen molar-refractivity contribution in [2.45, 2.75) is 12.5 Å². The van der Waals surface area contributed by atoms with E-state index < -0.39 is 0 Å². The van der Waals surface area contributed by atoms with E-state index in [0.29, 0.717) is 0 Å². The summed E-state index contributed by atoms with van der Waals surface area (Å²) in [5.74, 6) is 1.12. The summed E-state index contributed by atoms with van der Waals surface area (Å²) in [5, 5.41) is 4.43. The molecule has 3 rings (SSSR count). The SMILES string of the molecule is c1ccc(CC(/N=C2/NCCS2)c2ccccc2)cc1. The summed E-state index contributed by atoms with van der Waals surface area (Å²) in [6.45, 7) is 1.02. The molecule has 0 radical (unpaired) electrons. The molecule has 102 valence electrons. The van der Waals surface area contributed by atoms with Crippen molar-refractivity contribution in [3.8, 4) is 0 Å². The zero-order valence-corrected chi connectivity index (χ0v) is 12.1. The van der Waals surface area contributed by atoms with Gasteiger partial charge < -0.3 is 5.32 Å². The van der Waals surface area contributed by atoms with Crippen molar-refractivity contribution in [1.82, 2.24) is 5.32 Å². The van der Waals surface area contributed by atoms with Gasteiger partial charge in [-0.1, -0.05) is 72.4 Å². The van der Waals surface area contributed by atoms with Crippen molar-refractivity contribution in [2.75, 3.05) is 12.3 Å². The molecule has 1 aliphatic rings. The Kier molecular flexibility index (Phi) is 4.38. The van der Waals surface area contributed by atoms with E-state index in [1.165, 1.54) is 11.1 Å². The van der Waals surface area contributed by atoms with Crippen LogP contribution in [0, 0.1) is 0 Å². The maximum atomic E-state index is 4.91. The Morgan fingerprint density at radius 1 is 1.00 bits per heavy atom. The normalized spacial score (nSPS) is 17.9. The number of rotatable bonds is 4. The summed E-state index contributed by atoms with van der Waals surface area (Å²) >= 11 is 1.81. The summed E-state index contributed by atoms with van der Waals surface area (Å²) in [6, 6.07) is 21.3. The highest BCUT2D eigenvalue weighted by molar-refractivity contribution is 8.14. The van der Waals surface area contributed by atoms with Gasteiger partial charge in [-0.15, -0.1) is 0 Å². The van der Waals surface area contributed by atoms with Crippen molar-refractivity contribution in [1.29, 1.82) is 0 Å². The first-order valence-electron chi connectivity index (χ1n) is 6.95. The lowest BCUT2D eigenvalue weighted by molar-refractivity contribution is 0.722. The van der Waals surface area contributed by atoms with Crippen molar-refractivity contribution in [2.24, 2.45) is 4.99 Å². The minimum atomic E-state index is 0.187. The van der Waals surface area contributed by atoms with E-state index in [9.17, 15) is 0 Å². The number of hydrogen-bond acceptors (Lipinski definition) is 2. The molecule has 20 heavy (non-hydrogen) atoms. The summed E-state index contributed by atoms with van der Waals surface area (Å²) in [5.41, 5.74) is 2.60. The Morgan fingerprint density at radius 3 is 2.35 bits per heavy atom. The van der Waals surface area contributed by atoms with Gasteiger partial charge in [-0.2, -0.15) is 0 Å². The molecule has 0 aromatic heterocycles. The second-order valence-electron chi connectivity index (χ2n) is 4.83. The molecule has 1 aliphatic heterocycles. The maximum absolute atomic E-state index is 4.91. The maximum Gasteiger partial charge on any atom is 0.157 e. The molecule has 3 heteroatoms. The monoisotopic (exact) mass is 282 g/mol. The molecule has 2 aromatic rings. The topological polar surface area (TPSA) is 24.4 Å². The lowest BCUT2D eigenvalue weighted by Gasteiger charge is -2.14. The number of aliphatic imine (C=N–C) groups is 1. The number of nitrogens with one attached hydrogen (secondary N) is 1. The second-order valence-corrected chi connectivity index (χ2v) is 5.91. The van der Waals surface area contributed by atoms with Gasteiger partial charge in [-0.3, -0.25) is 4.99 Å². The fourth-order valence-corrected chi connectivity index (χ4v) is 3.14. The summed E-state index contributed by atoms with van der Waals surface area (Å²) < 4.78 is 0. The van der Waals surface area contributed by atoms with E-state index in [4.69, 9.17) is 4.99 Å². The minimum Gasteiger partial charge on any atom is -0.364 e. The molecule has 1 N–H and O–H groups in total. The van der Waals surface area contributed by atoms with E-state index in [2.05, 4.69) is 66.0 Å². The molecule has 0 aliphatic carbocycles. The van der Waals surface area contributed by atoms with Crippen LogP contribution in [0.2, 0.25) is 0 Å². The third-order valence-corrected chi connectivity index (χ3v) is 4.28. The zero-order valence-electron chi connectivity index (χ0n) is 11.3. The number of thioether (sulfide) groups is 1. The molecule has 0 saturated carbocycles. The van der Waals surface area contributed by atoms with Gasteiger partial charge in [0.05, 0.1) is 6.04 Å². The Hall–Kier alpha value is -1.74. The van der Waals surface area contributed by atoms with Crippen LogP contribution in [0.4, 0.5) is 0 Å². The third-order valence-electron chi connectivity index (χ3n) is 3.35. The Labute approximate surface area is 124 Å². The minimum absolute atomic E-state index is 0.187. The van der Waals surface area contributed by atoms with E-state index in [1.807, 2.05) is 11.8 Å². The zero-order chi connectivity index (χ0) is 13.6. The van der Waals surface area contributed by atoms with Gasteiger partial charge in [0.15, 0.2) is 5.17 Å². The van der Waals surface area contributed by atoms with E-state index in [0.717, 1.165) is 23.9 Å². The van der Waals surface area contributed by atoms with Gasteiger partial charge >= 0.3 is 0 Å². The van der Waals surface area contributed by atoms with Gasteiger partial charge in [0, 0.05) is 12.3 Å². The van der Waals surface area contributed by atoms with Crippen LogP contribution >= 0.6 is 11.8 Å². The van der Waals surface area contributed by atoms with Crippen molar-refractivity contribution < 1.29 is 0 Å². The Bertz CT molecular complexity index is 558. The van der Waals surface area contributed by atoms with Gasteiger partial charge in [0.2, 0.25) is 0 Å². The molecule has 0 bridgehead atoms. The fraction of sp³-hybridized carbons (Fsp3) is 0.235.